The van der Waals surface area contributed by atoms with Crippen molar-refractivity contribution in [2.45, 2.75) is 17.7 Å². The largest absolute Gasteiger partial charge is 0.355 e. The molecule has 1 unspecified atom stereocenters. The van der Waals surface area contributed by atoms with Gasteiger partial charge in [-0.25, -0.2) is 13.4 Å². The molecule has 1 aromatic rings. The monoisotopic (exact) mass is 268 g/mol. The molecule has 1 aliphatic heterocycles. The van der Waals surface area contributed by atoms with Crippen molar-refractivity contribution in [3.63, 3.8) is 0 Å². The van der Waals surface area contributed by atoms with E-state index in [-0.39, 0.29) is 10.8 Å². The summed E-state index contributed by atoms with van der Waals surface area (Å²) < 4.78 is 23.4. The summed E-state index contributed by atoms with van der Waals surface area (Å²) >= 11 is 0. The second-order valence-corrected chi connectivity index (χ2v) is 6.57. The lowest BCUT2D eigenvalue weighted by Crippen LogP contribution is -2.37. The molecule has 0 N–H and O–H groups in total. The van der Waals surface area contributed by atoms with Crippen LogP contribution >= 0.6 is 0 Å². The van der Waals surface area contributed by atoms with Crippen LogP contribution in [0.25, 0.3) is 0 Å². The van der Waals surface area contributed by atoms with Crippen LogP contribution in [-0.4, -0.2) is 39.0 Å². The van der Waals surface area contributed by atoms with Crippen molar-refractivity contribution in [1.82, 2.24) is 4.98 Å². The molecule has 0 bridgehead atoms. The maximum atomic E-state index is 11.7. The number of nitrogens with zero attached hydrogens (tertiary/aromatic N) is 2. The zero-order valence-corrected chi connectivity index (χ0v) is 11.1. The number of pyridine rings is 1. The molecule has 5 nitrogen and oxygen atoms in total. The summed E-state index contributed by atoms with van der Waals surface area (Å²) in [5, 5.41) is 0. The molecule has 0 saturated carbocycles. The zero-order chi connectivity index (χ0) is 13.2. The van der Waals surface area contributed by atoms with Crippen LogP contribution in [-0.2, 0) is 14.6 Å². The third kappa shape index (κ3) is 2.69. The Bertz CT molecular complexity index is 542. The van der Waals surface area contributed by atoms with E-state index in [1.165, 1.54) is 6.26 Å². The summed E-state index contributed by atoms with van der Waals surface area (Å²) in [5.74, 6) is 0.430. The number of sulfone groups is 1. The van der Waals surface area contributed by atoms with E-state index in [4.69, 9.17) is 0 Å². The van der Waals surface area contributed by atoms with Crippen molar-refractivity contribution in [3.05, 3.63) is 18.3 Å². The van der Waals surface area contributed by atoms with E-state index in [1.54, 1.807) is 18.3 Å². The van der Waals surface area contributed by atoms with Gasteiger partial charge in [0.25, 0.3) is 0 Å². The smallest absolute Gasteiger partial charge is 0.179 e. The summed E-state index contributed by atoms with van der Waals surface area (Å²) in [4.78, 5) is 17.1. The van der Waals surface area contributed by atoms with Crippen molar-refractivity contribution in [2.75, 3.05) is 24.2 Å². The Morgan fingerprint density at radius 2 is 2.28 bits per heavy atom. The van der Waals surface area contributed by atoms with E-state index >= 15 is 0 Å². The topological polar surface area (TPSA) is 67.3 Å². The number of aromatic nitrogens is 1. The predicted molar refractivity (Wildman–Crippen MR) is 68.3 cm³/mol. The van der Waals surface area contributed by atoms with Crippen molar-refractivity contribution in [2.24, 2.45) is 5.92 Å². The van der Waals surface area contributed by atoms with Crippen LogP contribution < -0.4 is 4.90 Å². The second-order valence-electron chi connectivity index (χ2n) is 4.58. The number of anilines is 1. The molecular weight excluding hydrogens is 252 g/mol. The van der Waals surface area contributed by atoms with Gasteiger partial charge >= 0.3 is 0 Å². The fraction of sp³-hybridized carbons (Fsp3) is 0.500. The minimum absolute atomic E-state index is 0.0341. The van der Waals surface area contributed by atoms with Crippen LogP contribution in [0.15, 0.2) is 23.2 Å². The van der Waals surface area contributed by atoms with E-state index in [9.17, 15) is 13.2 Å². The summed E-state index contributed by atoms with van der Waals surface area (Å²) in [6.45, 7) is 1.28. The molecule has 0 radical (unpaired) electrons. The third-order valence-electron chi connectivity index (χ3n) is 3.10. The van der Waals surface area contributed by atoms with Crippen LogP contribution in [0, 0.1) is 5.92 Å². The van der Waals surface area contributed by atoms with Gasteiger partial charge in [-0.05, 0) is 25.0 Å². The van der Waals surface area contributed by atoms with E-state index in [2.05, 4.69) is 4.98 Å². The molecule has 6 heteroatoms. The Hall–Kier alpha value is -1.43. The van der Waals surface area contributed by atoms with Gasteiger partial charge in [-0.1, -0.05) is 0 Å². The van der Waals surface area contributed by atoms with Crippen molar-refractivity contribution < 1.29 is 13.2 Å². The van der Waals surface area contributed by atoms with Gasteiger partial charge in [-0.3, -0.25) is 0 Å². The second kappa shape index (κ2) is 5.06. The molecule has 98 valence electrons. The van der Waals surface area contributed by atoms with Crippen LogP contribution in [0.3, 0.4) is 0 Å². The lowest BCUT2D eigenvalue weighted by atomic mass is 10.00. The van der Waals surface area contributed by atoms with E-state index in [0.29, 0.717) is 12.4 Å². The minimum Gasteiger partial charge on any atom is -0.355 e. The van der Waals surface area contributed by atoms with Gasteiger partial charge in [-0.15, -0.1) is 0 Å². The molecule has 0 aliphatic carbocycles. The molecule has 1 aromatic heterocycles. The van der Waals surface area contributed by atoms with Gasteiger partial charge in [0.1, 0.15) is 17.0 Å². The highest BCUT2D eigenvalue weighted by Gasteiger charge is 2.24. The van der Waals surface area contributed by atoms with Gasteiger partial charge < -0.3 is 9.69 Å². The Morgan fingerprint density at radius 1 is 1.50 bits per heavy atom. The zero-order valence-electron chi connectivity index (χ0n) is 10.2. The summed E-state index contributed by atoms with van der Waals surface area (Å²) in [7, 11) is -3.30. The van der Waals surface area contributed by atoms with Crippen molar-refractivity contribution in [3.8, 4) is 0 Å². The lowest BCUT2D eigenvalue weighted by molar-refractivity contribution is -0.111. The number of piperidine rings is 1. The number of carbonyl (C=O) groups is 1. The highest BCUT2D eigenvalue weighted by Crippen LogP contribution is 2.26. The highest BCUT2D eigenvalue weighted by molar-refractivity contribution is 7.90. The Balaban J connectivity index is 2.36. The predicted octanol–water partition coefficient (Wildman–Crippen LogP) is 0.900. The lowest BCUT2D eigenvalue weighted by Gasteiger charge is -2.32. The fourth-order valence-corrected chi connectivity index (χ4v) is 3.06. The van der Waals surface area contributed by atoms with Crippen molar-refractivity contribution >= 4 is 21.9 Å². The van der Waals surface area contributed by atoms with Gasteiger partial charge in [0.05, 0.1) is 0 Å². The van der Waals surface area contributed by atoms with Gasteiger partial charge in [0.15, 0.2) is 9.84 Å². The first-order chi connectivity index (χ1) is 8.52. The molecule has 1 fully saturated rings. The first-order valence-electron chi connectivity index (χ1n) is 5.87. The SMILES string of the molecule is CS(=O)(=O)c1cccnc1N1CCCC(C=O)C1. The first-order valence-corrected chi connectivity index (χ1v) is 7.77. The average Bonchev–Trinajstić information content (AvgIpc) is 2.38. The maximum Gasteiger partial charge on any atom is 0.179 e. The molecule has 2 heterocycles. The van der Waals surface area contributed by atoms with Gasteiger partial charge in [-0.2, -0.15) is 0 Å². The minimum atomic E-state index is -3.30. The fourth-order valence-electron chi connectivity index (χ4n) is 2.22. The Labute approximate surface area is 107 Å². The Morgan fingerprint density at radius 3 is 2.94 bits per heavy atom. The van der Waals surface area contributed by atoms with Crippen LogP contribution in [0.2, 0.25) is 0 Å². The first kappa shape index (κ1) is 13.0. The molecule has 1 atom stereocenters. The number of rotatable bonds is 3. The number of hydrogen-bond donors (Lipinski definition) is 0. The van der Waals surface area contributed by atoms with E-state index < -0.39 is 9.84 Å². The van der Waals surface area contributed by atoms with Gasteiger partial charge in [0.2, 0.25) is 0 Å². The summed E-state index contributed by atoms with van der Waals surface area (Å²) in [5.41, 5.74) is 0. The van der Waals surface area contributed by atoms with Crippen LogP contribution in [0.1, 0.15) is 12.8 Å². The number of aldehydes is 1. The Kier molecular flexibility index (Phi) is 3.65. The van der Waals surface area contributed by atoms with E-state index in [1.807, 2.05) is 4.90 Å². The molecule has 0 amide bonds. The summed E-state index contributed by atoms with van der Waals surface area (Å²) in [6.07, 6.45) is 5.43. The van der Waals surface area contributed by atoms with Gasteiger partial charge in [0, 0.05) is 31.5 Å². The maximum absolute atomic E-state index is 11.7. The molecule has 1 aliphatic rings. The summed E-state index contributed by atoms with van der Waals surface area (Å²) in [6, 6.07) is 3.17. The molecule has 18 heavy (non-hydrogen) atoms. The standard InChI is InChI=1S/C12H16N2O3S/c1-18(16,17)11-5-2-6-13-12(11)14-7-3-4-10(8-14)9-15/h2,5-6,9-10H,3-4,7-8H2,1H3. The normalized spacial score (nSPS) is 20.7. The molecule has 0 spiro atoms. The molecule has 2 rings (SSSR count). The average molecular weight is 268 g/mol. The quantitative estimate of drug-likeness (QED) is 0.762. The van der Waals surface area contributed by atoms with Crippen LogP contribution in [0.5, 0.6) is 0 Å². The molecule has 0 aromatic carbocycles. The van der Waals surface area contributed by atoms with Crippen molar-refractivity contribution in [1.29, 1.82) is 0 Å². The number of carbonyl (C=O) groups excluding carboxylic acids is 1. The molecule has 1 saturated heterocycles. The molecular formula is C12H16N2O3S. The highest BCUT2D eigenvalue weighted by atomic mass is 32.2. The van der Waals surface area contributed by atoms with E-state index in [0.717, 1.165) is 25.7 Å². The number of hydrogen-bond acceptors (Lipinski definition) is 5. The third-order valence-corrected chi connectivity index (χ3v) is 4.22. The van der Waals surface area contributed by atoms with Crippen LogP contribution in [0.4, 0.5) is 5.82 Å².